The van der Waals surface area contributed by atoms with Gasteiger partial charge in [-0.15, -0.1) is 0 Å². The number of ether oxygens (including phenoxy) is 2. The average molecular weight is 302 g/mol. The normalized spacial score (nSPS) is 11.6. The fourth-order valence-electron chi connectivity index (χ4n) is 1.56. The van der Waals surface area contributed by atoms with Gasteiger partial charge in [-0.25, -0.2) is 4.79 Å². The third-order valence-corrected chi connectivity index (χ3v) is 2.76. The summed E-state index contributed by atoms with van der Waals surface area (Å²) in [5.41, 5.74) is 5.68. The maximum absolute atomic E-state index is 12.0. The van der Waals surface area contributed by atoms with Crippen LogP contribution in [0.5, 0.6) is 0 Å². The van der Waals surface area contributed by atoms with Crippen molar-refractivity contribution >= 4 is 29.3 Å². The molecular formula is C13H22N2O4S. The molecule has 6 nitrogen and oxygen atoms in total. The Kier molecular flexibility index (Phi) is 8.54. The summed E-state index contributed by atoms with van der Waals surface area (Å²) >= 11 is 4.99. The first-order valence-corrected chi connectivity index (χ1v) is 6.64. The lowest BCUT2D eigenvalue weighted by Gasteiger charge is -2.30. The van der Waals surface area contributed by atoms with E-state index in [1.807, 2.05) is 13.8 Å². The molecule has 0 fully saturated rings. The third-order valence-electron chi connectivity index (χ3n) is 2.49. The van der Waals surface area contributed by atoms with E-state index in [0.29, 0.717) is 6.42 Å². The van der Waals surface area contributed by atoms with Crippen LogP contribution in [0.25, 0.3) is 0 Å². The van der Waals surface area contributed by atoms with Crippen molar-refractivity contribution in [2.75, 3.05) is 20.3 Å². The molecule has 0 aromatic rings. The minimum Gasteiger partial charge on any atom is -0.468 e. The predicted octanol–water partition coefficient (Wildman–Crippen LogP) is 1.48. The number of hydrogen-bond acceptors (Lipinski definition) is 5. The summed E-state index contributed by atoms with van der Waals surface area (Å²) in [4.78, 5) is 24.8. The van der Waals surface area contributed by atoms with Crippen molar-refractivity contribution in [3.05, 3.63) is 12.7 Å². The van der Waals surface area contributed by atoms with Gasteiger partial charge in [0.05, 0.1) is 18.1 Å². The Hall–Kier alpha value is -1.63. The average Bonchev–Trinajstić information content (AvgIpc) is 2.38. The van der Waals surface area contributed by atoms with Crippen LogP contribution in [0.1, 0.15) is 20.3 Å². The number of carbonyl (C=O) groups excluding carboxylic acids is 2. The highest BCUT2D eigenvalue weighted by Crippen LogP contribution is 2.14. The van der Waals surface area contributed by atoms with Gasteiger partial charge in [0.25, 0.3) is 0 Å². The minimum atomic E-state index is -0.672. The predicted molar refractivity (Wildman–Crippen MR) is 80.3 cm³/mol. The van der Waals surface area contributed by atoms with Gasteiger partial charge in [-0.3, -0.25) is 9.69 Å². The number of rotatable bonds is 8. The molecule has 0 aliphatic rings. The molecule has 0 aromatic heterocycles. The fourth-order valence-corrected chi connectivity index (χ4v) is 1.79. The van der Waals surface area contributed by atoms with Crippen molar-refractivity contribution in [1.29, 1.82) is 0 Å². The van der Waals surface area contributed by atoms with Crippen LogP contribution in [-0.4, -0.2) is 48.3 Å². The molecule has 0 aliphatic carbocycles. The molecule has 7 heteroatoms. The van der Waals surface area contributed by atoms with Crippen LogP contribution in [0.15, 0.2) is 12.7 Å². The molecule has 0 radical (unpaired) electrons. The van der Waals surface area contributed by atoms with E-state index in [0.717, 1.165) is 0 Å². The van der Waals surface area contributed by atoms with Crippen molar-refractivity contribution in [3.63, 3.8) is 0 Å². The molecule has 1 atom stereocenters. The molecular weight excluding hydrogens is 280 g/mol. The summed E-state index contributed by atoms with van der Waals surface area (Å²) in [6, 6.07) is -0.554. The highest BCUT2D eigenvalue weighted by atomic mass is 32.1. The summed E-state index contributed by atoms with van der Waals surface area (Å²) in [6.07, 6.45) is 1.30. The molecule has 20 heavy (non-hydrogen) atoms. The molecule has 1 amide bonds. The second-order valence-electron chi connectivity index (χ2n) is 4.62. The van der Waals surface area contributed by atoms with Crippen molar-refractivity contribution < 1.29 is 19.1 Å². The number of nitrogens with two attached hydrogens (primary N) is 1. The third kappa shape index (κ3) is 6.51. The Morgan fingerprint density at radius 3 is 2.45 bits per heavy atom. The summed E-state index contributed by atoms with van der Waals surface area (Å²) in [5, 5.41) is 0. The molecule has 114 valence electrons. The first-order valence-electron chi connectivity index (χ1n) is 6.23. The number of nitrogens with zero attached hydrogens (tertiary/aromatic N) is 1. The van der Waals surface area contributed by atoms with Crippen LogP contribution in [0.2, 0.25) is 0 Å². The van der Waals surface area contributed by atoms with E-state index >= 15 is 0 Å². The Morgan fingerprint density at radius 1 is 1.45 bits per heavy atom. The Morgan fingerprint density at radius 2 is 2.05 bits per heavy atom. The van der Waals surface area contributed by atoms with Crippen molar-refractivity contribution in [3.8, 4) is 0 Å². The molecule has 0 rings (SSSR count). The topological polar surface area (TPSA) is 81.9 Å². The summed E-state index contributed by atoms with van der Waals surface area (Å²) < 4.78 is 9.53. The SMILES string of the molecule is C=CCOC(=O)N(CC(=O)OC)[C@@H](CC(C)C)C(N)=S. The van der Waals surface area contributed by atoms with E-state index in [4.69, 9.17) is 22.7 Å². The highest BCUT2D eigenvalue weighted by Gasteiger charge is 2.30. The molecule has 0 saturated carbocycles. The molecule has 2 N–H and O–H groups in total. The fraction of sp³-hybridized carbons (Fsp3) is 0.615. The van der Waals surface area contributed by atoms with Crippen LogP contribution in [0, 0.1) is 5.92 Å². The van der Waals surface area contributed by atoms with Gasteiger partial charge in [0.15, 0.2) is 0 Å². The number of esters is 1. The van der Waals surface area contributed by atoms with Crippen LogP contribution in [0.3, 0.4) is 0 Å². The molecule has 0 spiro atoms. The standard InChI is InChI=1S/C13H22N2O4S/c1-5-6-19-13(17)15(8-11(16)18-4)10(12(14)20)7-9(2)3/h5,9-10H,1,6-8H2,2-4H3,(H2,14,20)/t10-/m0/s1. The van der Waals surface area contributed by atoms with Crippen LogP contribution in [0.4, 0.5) is 4.79 Å². The second kappa shape index (κ2) is 9.30. The number of methoxy groups -OCH3 is 1. The zero-order valence-electron chi connectivity index (χ0n) is 12.1. The first-order chi connectivity index (χ1) is 9.33. The number of amides is 1. The molecule has 0 aliphatic heterocycles. The smallest absolute Gasteiger partial charge is 0.411 e. The summed E-state index contributed by atoms with van der Waals surface area (Å²) in [5.74, 6) is -0.320. The first kappa shape index (κ1) is 18.4. The van der Waals surface area contributed by atoms with Gasteiger partial charge in [0, 0.05) is 0 Å². The monoisotopic (exact) mass is 302 g/mol. The largest absolute Gasteiger partial charge is 0.468 e. The Bertz CT molecular complexity index is 371. The van der Waals surface area contributed by atoms with Crippen molar-refractivity contribution in [1.82, 2.24) is 4.90 Å². The van der Waals surface area contributed by atoms with Gasteiger partial charge < -0.3 is 15.2 Å². The number of carbonyl (C=O) groups is 2. The lowest BCUT2D eigenvalue weighted by atomic mass is 10.0. The van der Waals surface area contributed by atoms with Gasteiger partial charge in [-0.1, -0.05) is 38.7 Å². The van der Waals surface area contributed by atoms with Gasteiger partial charge in [0.2, 0.25) is 0 Å². The van der Waals surface area contributed by atoms with E-state index in [1.165, 1.54) is 18.1 Å². The van der Waals surface area contributed by atoms with Gasteiger partial charge in [0.1, 0.15) is 13.2 Å². The number of hydrogen-bond donors (Lipinski definition) is 1. The van der Waals surface area contributed by atoms with Gasteiger partial charge >= 0.3 is 12.1 Å². The lowest BCUT2D eigenvalue weighted by molar-refractivity contribution is -0.141. The zero-order valence-corrected chi connectivity index (χ0v) is 12.9. The number of thiocarbonyl (C=S) groups is 1. The minimum absolute atomic E-state index is 0.0439. The maximum atomic E-state index is 12.0. The quantitative estimate of drug-likeness (QED) is 0.415. The molecule has 0 bridgehead atoms. The van der Waals surface area contributed by atoms with E-state index in [2.05, 4.69) is 11.3 Å². The molecule has 0 heterocycles. The van der Waals surface area contributed by atoms with E-state index < -0.39 is 18.1 Å². The Labute approximate surface area is 124 Å². The van der Waals surface area contributed by atoms with Crippen LogP contribution < -0.4 is 5.73 Å². The van der Waals surface area contributed by atoms with Gasteiger partial charge in [-0.2, -0.15) is 0 Å². The summed E-state index contributed by atoms with van der Waals surface area (Å²) in [6.45, 7) is 7.18. The van der Waals surface area contributed by atoms with Crippen LogP contribution in [-0.2, 0) is 14.3 Å². The highest BCUT2D eigenvalue weighted by molar-refractivity contribution is 7.80. The summed E-state index contributed by atoms with van der Waals surface area (Å²) in [7, 11) is 1.24. The van der Waals surface area contributed by atoms with Gasteiger partial charge in [-0.05, 0) is 12.3 Å². The van der Waals surface area contributed by atoms with E-state index in [1.54, 1.807) is 0 Å². The maximum Gasteiger partial charge on any atom is 0.411 e. The molecule has 0 saturated heterocycles. The second-order valence-corrected chi connectivity index (χ2v) is 5.09. The van der Waals surface area contributed by atoms with Crippen molar-refractivity contribution in [2.45, 2.75) is 26.3 Å². The zero-order chi connectivity index (χ0) is 15.7. The van der Waals surface area contributed by atoms with Crippen molar-refractivity contribution in [2.24, 2.45) is 11.7 Å². The van der Waals surface area contributed by atoms with E-state index in [9.17, 15) is 9.59 Å². The molecule has 0 aromatic carbocycles. The lowest BCUT2D eigenvalue weighted by Crippen LogP contribution is -2.50. The van der Waals surface area contributed by atoms with Crippen LogP contribution >= 0.6 is 12.2 Å². The Balaban J connectivity index is 5.11. The molecule has 0 unspecified atom stereocenters. The van der Waals surface area contributed by atoms with E-state index in [-0.39, 0.29) is 24.1 Å².